The molecular formula is C11H18N2O4. The van der Waals surface area contributed by atoms with Crippen LogP contribution < -0.4 is 5.32 Å². The number of hydrogen-bond acceptors (Lipinski definition) is 4. The summed E-state index contributed by atoms with van der Waals surface area (Å²) >= 11 is 0. The van der Waals surface area contributed by atoms with Gasteiger partial charge in [-0.1, -0.05) is 6.08 Å². The van der Waals surface area contributed by atoms with E-state index < -0.39 is 5.97 Å². The Morgan fingerprint density at radius 2 is 2.29 bits per heavy atom. The second-order valence-electron chi connectivity index (χ2n) is 3.94. The molecule has 1 aliphatic rings. The van der Waals surface area contributed by atoms with Crippen LogP contribution in [0.15, 0.2) is 12.7 Å². The van der Waals surface area contributed by atoms with Crippen molar-refractivity contribution in [1.29, 1.82) is 0 Å². The van der Waals surface area contributed by atoms with Crippen LogP contribution in [0.2, 0.25) is 0 Å². The van der Waals surface area contributed by atoms with Crippen molar-refractivity contribution in [3.05, 3.63) is 12.7 Å². The van der Waals surface area contributed by atoms with Crippen molar-refractivity contribution in [3.63, 3.8) is 0 Å². The molecule has 2 N–H and O–H groups in total. The predicted molar refractivity (Wildman–Crippen MR) is 61.6 cm³/mol. The van der Waals surface area contributed by atoms with Gasteiger partial charge in [0.15, 0.2) is 0 Å². The number of hydrogen-bond donors (Lipinski definition) is 2. The zero-order chi connectivity index (χ0) is 12.8. The minimum Gasteiger partial charge on any atom is -0.480 e. The first kappa shape index (κ1) is 13.7. The van der Waals surface area contributed by atoms with Crippen LogP contribution in [0.25, 0.3) is 0 Å². The molecule has 6 heteroatoms. The van der Waals surface area contributed by atoms with Gasteiger partial charge in [-0.2, -0.15) is 0 Å². The van der Waals surface area contributed by atoms with Crippen LogP contribution in [-0.4, -0.2) is 61.3 Å². The lowest BCUT2D eigenvalue weighted by molar-refractivity contribution is -0.146. The highest BCUT2D eigenvalue weighted by molar-refractivity contribution is 5.84. The molecule has 1 amide bonds. The molecule has 1 fully saturated rings. The zero-order valence-electron chi connectivity index (χ0n) is 9.89. The molecule has 0 spiro atoms. The van der Waals surface area contributed by atoms with Crippen molar-refractivity contribution in [2.75, 3.05) is 33.4 Å². The Kier molecular flexibility index (Phi) is 5.11. The Balaban J connectivity index is 2.69. The van der Waals surface area contributed by atoms with Crippen molar-refractivity contribution in [2.24, 2.45) is 5.92 Å². The summed E-state index contributed by atoms with van der Waals surface area (Å²) in [6.45, 7) is 4.25. The minimum atomic E-state index is -1.03. The molecule has 0 aromatic heterocycles. The smallest absolute Gasteiger partial charge is 0.323 e. The molecule has 17 heavy (non-hydrogen) atoms. The Bertz CT molecular complexity index is 306. The van der Waals surface area contributed by atoms with Gasteiger partial charge in [0.1, 0.15) is 6.54 Å². The van der Waals surface area contributed by atoms with Gasteiger partial charge in [-0.25, -0.2) is 0 Å². The van der Waals surface area contributed by atoms with Gasteiger partial charge in [0.25, 0.3) is 0 Å². The number of carboxylic acids is 1. The molecule has 2 atom stereocenters. The summed E-state index contributed by atoms with van der Waals surface area (Å²) in [5, 5.41) is 11.7. The molecule has 0 aliphatic carbocycles. The van der Waals surface area contributed by atoms with E-state index in [1.165, 1.54) is 11.0 Å². The highest BCUT2D eigenvalue weighted by Crippen LogP contribution is 2.16. The van der Waals surface area contributed by atoms with Crippen LogP contribution in [0.3, 0.4) is 0 Å². The standard InChI is InChI=1S/C11H18N2O4/c1-3-4-13(5-10(14)15)11(16)8-6-17-7-9(8)12-2/h3,8-9,12H,1,4-7H2,2H3,(H,14,15). The first-order valence-electron chi connectivity index (χ1n) is 5.46. The molecule has 96 valence electrons. The molecule has 2 unspecified atom stereocenters. The highest BCUT2D eigenvalue weighted by Gasteiger charge is 2.35. The molecule has 0 aromatic carbocycles. The van der Waals surface area contributed by atoms with Crippen molar-refractivity contribution in [2.45, 2.75) is 6.04 Å². The third kappa shape index (κ3) is 3.54. The van der Waals surface area contributed by atoms with Gasteiger partial charge < -0.3 is 20.1 Å². The van der Waals surface area contributed by atoms with E-state index in [-0.39, 0.29) is 31.0 Å². The average molecular weight is 242 g/mol. The van der Waals surface area contributed by atoms with Crippen molar-refractivity contribution in [1.82, 2.24) is 10.2 Å². The average Bonchev–Trinajstić information content (AvgIpc) is 2.74. The van der Waals surface area contributed by atoms with Crippen LogP contribution in [0.4, 0.5) is 0 Å². The van der Waals surface area contributed by atoms with Crippen molar-refractivity contribution < 1.29 is 19.4 Å². The maximum absolute atomic E-state index is 12.1. The predicted octanol–water partition coefficient (Wildman–Crippen LogP) is -0.680. The number of ether oxygens (including phenoxy) is 1. The van der Waals surface area contributed by atoms with E-state index in [0.717, 1.165) is 0 Å². The molecule has 0 aromatic rings. The third-order valence-corrected chi connectivity index (χ3v) is 2.76. The summed E-state index contributed by atoms with van der Waals surface area (Å²) in [6.07, 6.45) is 1.52. The quantitative estimate of drug-likeness (QED) is 0.603. The van der Waals surface area contributed by atoms with E-state index in [4.69, 9.17) is 9.84 Å². The zero-order valence-corrected chi connectivity index (χ0v) is 9.89. The van der Waals surface area contributed by atoms with E-state index >= 15 is 0 Å². The van der Waals surface area contributed by atoms with Gasteiger partial charge in [-0.05, 0) is 7.05 Å². The molecule has 6 nitrogen and oxygen atoms in total. The molecule has 0 saturated carbocycles. The molecule has 0 radical (unpaired) electrons. The number of carbonyl (C=O) groups excluding carboxylic acids is 1. The lowest BCUT2D eigenvalue weighted by Crippen LogP contribution is -2.46. The topological polar surface area (TPSA) is 78.9 Å². The molecule has 1 saturated heterocycles. The molecule has 1 rings (SSSR count). The van der Waals surface area contributed by atoms with Gasteiger partial charge in [-0.3, -0.25) is 9.59 Å². The lowest BCUT2D eigenvalue weighted by Gasteiger charge is -2.24. The van der Waals surface area contributed by atoms with Gasteiger partial charge in [0.05, 0.1) is 19.1 Å². The fourth-order valence-corrected chi connectivity index (χ4v) is 1.87. The summed E-state index contributed by atoms with van der Waals surface area (Å²) in [5.74, 6) is -1.55. The number of amides is 1. The summed E-state index contributed by atoms with van der Waals surface area (Å²) in [7, 11) is 1.76. The van der Waals surface area contributed by atoms with E-state index in [9.17, 15) is 9.59 Å². The fourth-order valence-electron chi connectivity index (χ4n) is 1.87. The molecular weight excluding hydrogens is 224 g/mol. The number of carboxylic acid groups (broad SMARTS) is 1. The number of nitrogens with one attached hydrogen (secondary N) is 1. The Labute approximate surface area is 100 Å². The Morgan fingerprint density at radius 3 is 2.82 bits per heavy atom. The maximum Gasteiger partial charge on any atom is 0.323 e. The van der Waals surface area contributed by atoms with Gasteiger partial charge in [0.2, 0.25) is 5.91 Å². The highest BCUT2D eigenvalue weighted by atomic mass is 16.5. The summed E-state index contributed by atoms with van der Waals surface area (Å²) in [4.78, 5) is 24.1. The molecule has 1 heterocycles. The van der Waals surface area contributed by atoms with Gasteiger partial charge >= 0.3 is 5.97 Å². The Hall–Kier alpha value is -1.40. The monoisotopic (exact) mass is 242 g/mol. The second kappa shape index (κ2) is 6.36. The van der Waals surface area contributed by atoms with Crippen LogP contribution in [0.1, 0.15) is 0 Å². The van der Waals surface area contributed by atoms with Gasteiger partial charge in [-0.15, -0.1) is 6.58 Å². The first-order valence-corrected chi connectivity index (χ1v) is 5.46. The molecule has 0 bridgehead atoms. The first-order chi connectivity index (χ1) is 8.10. The van der Waals surface area contributed by atoms with Gasteiger partial charge in [0, 0.05) is 12.6 Å². The maximum atomic E-state index is 12.1. The van der Waals surface area contributed by atoms with E-state index in [1.54, 1.807) is 7.05 Å². The normalized spacial score (nSPS) is 23.4. The summed E-state index contributed by atoms with van der Waals surface area (Å²) in [5.41, 5.74) is 0. The Morgan fingerprint density at radius 1 is 1.59 bits per heavy atom. The van der Waals surface area contributed by atoms with Crippen LogP contribution in [-0.2, 0) is 14.3 Å². The second-order valence-corrected chi connectivity index (χ2v) is 3.94. The largest absolute Gasteiger partial charge is 0.480 e. The summed E-state index contributed by atoms with van der Waals surface area (Å²) < 4.78 is 5.23. The van der Waals surface area contributed by atoms with Crippen LogP contribution in [0, 0.1) is 5.92 Å². The van der Waals surface area contributed by atoms with Crippen LogP contribution >= 0.6 is 0 Å². The van der Waals surface area contributed by atoms with E-state index in [1.807, 2.05) is 0 Å². The fraction of sp³-hybridized carbons (Fsp3) is 0.636. The van der Waals surface area contributed by atoms with Crippen molar-refractivity contribution in [3.8, 4) is 0 Å². The van der Waals surface area contributed by atoms with E-state index in [2.05, 4.69) is 11.9 Å². The lowest BCUT2D eigenvalue weighted by atomic mass is 10.0. The summed E-state index contributed by atoms with van der Waals surface area (Å²) in [6, 6.07) is -0.0522. The van der Waals surface area contributed by atoms with Crippen molar-refractivity contribution >= 4 is 11.9 Å². The molecule has 1 aliphatic heterocycles. The number of aliphatic carboxylic acids is 1. The SMILES string of the molecule is C=CCN(CC(=O)O)C(=O)C1COCC1NC. The third-order valence-electron chi connectivity index (χ3n) is 2.76. The number of rotatable bonds is 6. The van der Waals surface area contributed by atoms with Crippen LogP contribution in [0.5, 0.6) is 0 Å². The number of carbonyl (C=O) groups is 2. The minimum absolute atomic E-state index is 0.0522. The number of nitrogens with zero attached hydrogens (tertiary/aromatic N) is 1. The number of likely N-dealkylation sites (N-methyl/N-ethyl adjacent to an activating group) is 1. The van der Waals surface area contributed by atoms with E-state index in [0.29, 0.717) is 13.2 Å².